The molecule has 0 aliphatic heterocycles. The minimum Gasteiger partial charge on any atom is -0.321 e. The molecule has 1 amide bonds. The Morgan fingerprint density at radius 3 is 2.32 bits per heavy atom. The van der Waals surface area contributed by atoms with Gasteiger partial charge in [0.05, 0.1) is 4.90 Å². The molecular formula is C21H19F2N3O3S2. The van der Waals surface area contributed by atoms with Gasteiger partial charge >= 0.3 is 0 Å². The molecule has 3 aromatic rings. The molecule has 2 aromatic carbocycles. The van der Waals surface area contributed by atoms with E-state index < -0.39 is 21.7 Å². The molecule has 0 aliphatic carbocycles. The predicted octanol–water partition coefficient (Wildman–Crippen LogP) is 5.07. The highest BCUT2D eigenvalue weighted by atomic mass is 32.2. The van der Waals surface area contributed by atoms with E-state index in [4.69, 9.17) is 0 Å². The Hall–Kier alpha value is -2.98. The molecular weight excluding hydrogens is 444 g/mol. The lowest BCUT2D eigenvalue weighted by Gasteiger charge is -2.13. The van der Waals surface area contributed by atoms with Gasteiger partial charge in [-0.1, -0.05) is 23.9 Å². The van der Waals surface area contributed by atoms with Crippen molar-refractivity contribution in [3.8, 4) is 0 Å². The van der Waals surface area contributed by atoms with Crippen LogP contribution in [0, 0.1) is 13.8 Å². The Labute approximate surface area is 183 Å². The molecule has 0 atom stereocenters. The average Bonchev–Trinajstić information content (AvgIpc) is 2.70. The average molecular weight is 464 g/mol. The summed E-state index contributed by atoms with van der Waals surface area (Å²) in [5, 5.41) is 2.65. The number of sulfonamides is 1. The summed E-state index contributed by atoms with van der Waals surface area (Å²) in [6.45, 7) is 3.39. The molecule has 0 bridgehead atoms. The number of nitrogens with zero attached hydrogens (tertiary/aromatic N) is 1. The molecule has 0 fully saturated rings. The third kappa shape index (κ3) is 6.02. The van der Waals surface area contributed by atoms with Crippen molar-refractivity contribution in [1.29, 1.82) is 0 Å². The molecule has 0 saturated heterocycles. The zero-order valence-electron chi connectivity index (χ0n) is 16.6. The van der Waals surface area contributed by atoms with Crippen LogP contribution in [0.5, 0.6) is 0 Å². The lowest BCUT2D eigenvalue weighted by molar-refractivity contribution is 0.102. The van der Waals surface area contributed by atoms with Crippen molar-refractivity contribution in [1.82, 2.24) is 4.98 Å². The number of alkyl halides is 2. The summed E-state index contributed by atoms with van der Waals surface area (Å²) >= 11 is 0.375. The summed E-state index contributed by atoms with van der Waals surface area (Å²) in [5.41, 5.74) is 1.90. The number of benzene rings is 2. The zero-order valence-corrected chi connectivity index (χ0v) is 18.2. The van der Waals surface area contributed by atoms with Gasteiger partial charge in [-0.3, -0.25) is 9.52 Å². The lowest BCUT2D eigenvalue weighted by Crippen LogP contribution is -2.17. The maximum absolute atomic E-state index is 12.9. The topological polar surface area (TPSA) is 88.2 Å². The number of pyridine rings is 1. The number of amides is 1. The van der Waals surface area contributed by atoms with Crippen LogP contribution in [0.3, 0.4) is 0 Å². The molecule has 0 unspecified atom stereocenters. The number of hydrogen-bond donors (Lipinski definition) is 2. The molecule has 0 spiro atoms. The number of rotatable bonds is 7. The number of hydrogen-bond acceptors (Lipinski definition) is 5. The predicted molar refractivity (Wildman–Crippen MR) is 117 cm³/mol. The maximum atomic E-state index is 12.9. The van der Waals surface area contributed by atoms with Gasteiger partial charge < -0.3 is 5.32 Å². The second-order valence-electron chi connectivity index (χ2n) is 6.61. The van der Waals surface area contributed by atoms with Crippen molar-refractivity contribution in [2.45, 2.75) is 29.4 Å². The molecule has 162 valence electrons. The monoisotopic (exact) mass is 463 g/mol. The number of carbonyl (C=O) groups excluding carboxylic acids is 1. The molecule has 2 N–H and O–H groups in total. The van der Waals surface area contributed by atoms with Gasteiger partial charge in [0.1, 0.15) is 5.69 Å². The van der Waals surface area contributed by atoms with Gasteiger partial charge in [-0.15, -0.1) is 0 Å². The molecule has 1 heterocycles. The Kier molecular flexibility index (Phi) is 6.91. The van der Waals surface area contributed by atoms with E-state index in [2.05, 4.69) is 15.0 Å². The number of aryl methyl sites for hydroxylation is 2. The Morgan fingerprint density at radius 1 is 1.00 bits per heavy atom. The summed E-state index contributed by atoms with van der Waals surface area (Å²) in [6.07, 6.45) is 0. The number of thioether (sulfide) groups is 1. The molecule has 0 radical (unpaired) electrons. The number of aromatic nitrogens is 1. The van der Waals surface area contributed by atoms with E-state index in [0.717, 1.165) is 0 Å². The fraction of sp³-hybridized carbons (Fsp3) is 0.143. The van der Waals surface area contributed by atoms with E-state index in [1.165, 1.54) is 30.3 Å². The summed E-state index contributed by atoms with van der Waals surface area (Å²) in [5.74, 6) is -3.02. The standard InChI is InChI=1S/C21H19F2N3O3S2/c1-13-6-7-16(25-20(27)18-5-3-4-14(2)24-18)12-19(13)31(28,29)26-15-8-10-17(11-9-15)30-21(22)23/h3-12,21,26H,1-2H3,(H,25,27). The van der Waals surface area contributed by atoms with Crippen LogP contribution < -0.4 is 10.0 Å². The normalized spacial score (nSPS) is 11.4. The second kappa shape index (κ2) is 9.44. The van der Waals surface area contributed by atoms with Crippen molar-refractivity contribution in [3.05, 3.63) is 77.6 Å². The van der Waals surface area contributed by atoms with Crippen LogP contribution in [0.25, 0.3) is 0 Å². The van der Waals surface area contributed by atoms with Gasteiger partial charge in [0.25, 0.3) is 21.7 Å². The van der Waals surface area contributed by atoms with Crippen molar-refractivity contribution >= 4 is 39.1 Å². The molecule has 6 nitrogen and oxygen atoms in total. The highest BCUT2D eigenvalue weighted by Gasteiger charge is 2.19. The van der Waals surface area contributed by atoms with E-state index >= 15 is 0 Å². The first kappa shape index (κ1) is 22.7. The zero-order chi connectivity index (χ0) is 22.6. The van der Waals surface area contributed by atoms with Gasteiger partial charge in [0.15, 0.2) is 0 Å². The maximum Gasteiger partial charge on any atom is 0.288 e. The largest absolute Gasteiger partial charge is 0.321 e. The van der Waals surface area contributed by atoms with E-state index in [0.29, 0.717) is 33.6 Å². The highest BCUT2D eigenvalue weighted by molar-refractivity contribution is 7.99. The fourth-order valence-corrected chi connectivity index (χ4v) is 4.58. The summed E-state index contributed by atoms with van der Waals surface area (Å²) in [7, 11) is -3.98. The number of anilines is 2. The fourth-order valence-electron chi connectivity index (χ4n) is 2.75. The Morgan fingerprint density at radius 2 is 1.68 bits per heavy atom. The Bertz CT molecular complexity index is 1200. The van der Waals surface area contributed by atoms with Crippen molar-refractivity contribution < 1.29 is 22.0 Å². The minimum atomic E-state index is -3.98. The van der Waals surface area contributed by atoms with E-state index in [9.17, 15) is 22.0 Å². The SMILES string of the molecule is Cc1cccc(C(=O)Nc2ccc(C)c(S(=O)(=O)Nc3ccc(SC(F)F)cc3)c2)n1. The van der Waals surface area contributed by atoms with Crippen molar-refractivity contribution in [2.75, 3.05) is 10.0 Å². The molecule has 3 rings (SSSR count). The summed E-state index contributed by atoms with van der Waals surface area (Å²) in [6, 6.07) is 15.2. The number of nitrogens with one attached hydrogen (secondary N) is 2. The first-order valence-corrected chi connectivity index (χ1v) is 11.4. The van der Waals surface area contributed by atoms with Crippen molar-refractivity contribution in [3.63, 3.8) is 0 Å². The molecule has 0 saturated carbocycles. The quantitative estimate of drug-likeness (QED) is 0.478. The van der Waals surface area contributed by atoms with Gasteiger partial charge in [-0.2, -0.15) is 8.78 Å². The smallest absolute Gasteiger partial charge is 0.288 e. The molecule has 0 aliphatic rings. The first-order valence-electron chi connectivity index (χ1n) is 9.07. The van der Waals surface area contributed by atoms with Crippen LogP contribution in [0.4, 0.5) is 20.2 Å². The van der Waals surface area contributed by atoms with Crippen LogP contribution in [-0.2, 0) is 10.0 Å². The van der Waals surface area contributed by atoms with Gasteiger partial charge in [-0.05, 0) is 67.9 Å². The minimum absolute atomic E-state index is 0.0199. The van der Waals surface area contributed by atoms with Crippen LogP contribution in [0.15, 0.2) is 70.5 Å². The summed E-state index contributed by atoms with van der Waals surface area (Å²) < 4.78 is 53.0. The van der Waals surface area contributed by atoms with Crippen LogP contribution >= 0.6 is 11.8 Å². The number of carbonyl (C=O) groups is 1. The van der Waals surface area contributed by atoms with E-state index in [1.54, 1.807) is 44.2 Å². The Balaban J connectivity index is 1.80. The van der Waals surface area contributed by atoms with Gasteiger partial charge in [0.2, 0.25) is 0 Å². The first-order chi connectivity index (χ1) is 14.6. The third-order valence-corrected chi connectivity index (χ3v) is 6.43. The van der Waals surface area contributed by atoms with Crippen LogP contribution in [0.2, 0.25) is 0 Å². The van der Waals surface area contributed by atoms with E-state index in [1.807, 2.05) is 0 Å². The summed E-state index contributed by atoms with van der Waals surface area (Å²) in [4.78, 5) is 16.9. The van der Waals surface area contributed by atoms with Crippen LogP contribution in [0.1, 0.15) is 21.7 Å². The van der Waals surface area contributed by atoms with Gasteiger partial charge in [-0.25, -0.2) is 13.4 Å². The lowest BCUT2D eigenvalue weighted by atomic mass is 10.2. The second-order valence-corrected chi connectivity index (χ2v) is 9.32. The highest BCUT2D eigenvalue weighted by Crippen LogP contribution is 2.28. The van der Waals surface area contributed by atoms with Crippen molar-refractivity contribution in [2.24, 2.45) is 0 Å². The molecule has 1 aromatic heterocycles. The van der Waals surface area contributed by atoms with Crippen LogP contribution in [-0.4, -0.2) is 25.1 Å². The third-order valence-electron chi connectivity index (χ3n) is 4.19. The van der Waals surface area contributed by atoms with E-state index in [-0.39, 0.29) is 16.3 Å². The molecule has 10 heteroatoms. The molecule has 31 heavy (non-hydrogen) atoms. The number of halogens is 2. The van der Waals surface area contributed by atoms with Gasteiger partial charge in [0, 0.05) is 22.0 Å².